The molecule has 1 aromatic carbocycles. The van der Waals surface area contributed by atoms with E-state index in [-0.39, 0.29) is 0 Å². The summed E-state index contributed by atoms with van der Waals surface area (Å²) in [5.74, 6) is 7.60. The average molecular weight is 272 g/mol. The second-order valence-electron chi connectivity index (χ2n) is 5.66. The number of hydrogen-bond acceptors (Lipinski definition) is 3. The van der Waals surface area contributed by atoms with Crippen molar-refractivity contribution in [1.82, 2.24) is 4.90 Å². The molecule has 0 aromatic heterocycles. The molecule has 1 aromatic rings. The third-order valence-electron chi connectivity index (χ3n) is 3.89. The molecular formula is C17H24N2O. The lowest BCUT2D eigenvalue weighted by atomic mass is 10.1. The Bertz CT molecular complexity index is 515. The summed E-state index contributed by atoms with van der Waals surface area (Å²) in [5.41, 5.74) is 7.66. The SMILES string of the molecule is COc1ccc(CN2CC(C)CC2C)cc1C#CCN. The van der Waals surface area contributed by atoms with Crippen molar-refractivity contribution >= 4 is 0 Å². The number of benzene rings is 1. The van der Waals surface area contributed by atoms with E-state index in [1.54, 1.807) is 7.11 Å². The van der Waals surface area contributed by atoms with Gasteiger partial charge in [0.1, 0.15) is 5.75 Å². The molecule has 1 aliphatic heterocycles. The van der Waals surface area contributed by atoms with Gasteiger partial charge in [0.15, 0.2) is 0 Å². The van der Waals surface area contributed by atoms with Gasteiger partial charge in [0.05, 0.1) is 19.2 Å². The molecule has 0 saturated carbocycles. The van der Waals surface area contributed by atoms with Crippen LogP contribution in [0.25, 0.3) is 0 Å². The monoisotopic (exact) mass is 272 g/mol. The smallest absolute Gasteiger partial charge is 0.134 e. The van der Waals surface area contributed by atoms with Gasteiger partial charge in [-0.3, -0.25) is 4.90 Å². The number of nitrogens with two attached hydrogens (primary N) is 1. The van der Waals surface area contributed by atoms with Crippen LogP contribution < -0.4 is 10.5 Å². The topological polar surface area (TPSA) is 38.5 Å². The van der Waals surface area contributed by atoms with Gasteiger partial charge in [-0.25, -0.2) is 0 Å². The lowest BCUT2D eigenvalue weighted by Crippen LogP contribution is -2.26. The van der Waals surface area contributed by atoms with Crippen molar-refractivity contribution in [2.45, 2.75) is 32.9 Å². The lowest BCUT2D eigenvalue weighted by Gasteiger charge is -2.21. The summed E-state index contributed by atoms with van der Waals surface area (Å²) >= 11 is 0. The van der Waals surface area contributed by atoms with Crippen molar-refractivity contribution in [3.05, 3.63) is 29.3 Å². The zero-order valence-electron chi connectivity index (χ0n) is 12.6. The lowest BCUT2D eigenvalue weighted by molar-refractivity contribution is 0.256. The number of hydrogen-bond donors (Lipinski definition) is 1. The number of ether oxygens (including phenoxy) is 1. The molecule has 3 heteroatoms. The van der Waals surface area contributed by atoms with E-state index in [0.29, 0.717) is 12.6 Å². The summed E-state index contributed by atoms with van der Waals surface area (Å²) in [6, 6.07) is 6.91. The maximum atomic E-state index is 5.45. The maximum absolute atomic E-state index is 5.45. The van der Waals surface area contributed by atoms with E-state index in [2.05, 4.69) is 42.7 Å². The molecular weight excluding hydrogens is 248 g/mol. The van der Waals surface area contributed by atoms with Gasteiger partial charge in [-0.15, -0.1) is 0 Å². The number of rotatable bonds is 3. The molecule has 2 atom stereocenters. The Labute approximate surface area is 122 Å². The number of likely N-dealkylation sites (tertiary alicyclic amines) is 1. The van der Waals surface area contributed by atoms with Crippen LogP contribution in [0.4, 0.5) is 0 Å². The molecule has 2 N–H and O–H groups in total. The van der Waals surface area contributed by atoms with Gasteiger partial charge in [0.2, 0.25) is 0 Å². The second-order valence-corrected chi connectivity index (χ2v) is 5.66. The highest BCUT2D eigenvalue weighted by atomic mass is 16.5. The minimum atomic E-state index is 0.369. The normalized spacial score (nSPS) is 22.4. The molecule has 1 fully saturated rings. The van der Waals surface area contributed by atoms with Crippen LogP contribution in [0, 0.1) is 17.8 Å². The molecule has 0 aliphatic carbocycles. The number of nitrogens with zero attached hydrogens (tertiary/aromatic N) is 1. The van der Waals surface area contributed by atoms with Crippen LogP contribution in [-0.4, -0.2) is 31.1 Å². The Morgan fingerprint density at radius 2 is 2.20 bits per heavy atom. The summed E-state index contributed by atoms with van der Waals surface area (Å²) in [6.45, 7) is 7.16. The molecule has 0 amide bonds. The molecule has 1 heterocycles. The van der Waals surface area contributed by atoms with Crippen molar-refractivity contribution in [3.8, 4) is 17.6 Å². The minimum Gasteiger partial charge on any atom is -0.495 e. The third kappa shape index (κ3) is 3.53. The fraction of sp³-hybridized carbons (Fsp3) is 0.529. The minimum absolute atomic E-state index is 0.369. The summed E-state index contributed by atoms with van der Waals surface area (Å²) in [5, 5.41) is 0. The van der Waals surface area contributed by atoms with E-state index in [4.69, 9.17) is 10.5 Å². The van der Waals surface area contributed by atoms with Crippen molar-refractivity contribution < 1.29 is 4.74 Å². The van der Waals surface area contributed by atoms with Crippen molar-refractivity contribution in [2.24, 2.45) is 11.7 Å². The second kappa shape index (κ2) is 6.78. The van der Waals surface area contributed by atoms with Gasteiger partial charge in [-0.1, -0.05) is 24.8 Å². The summed E-state index contributed by atoms with van der Waals surface area (Å²) in [7, 11) is 1.67. The van der Waals surface area contributed by atoms with Crippen molar-refractivity contribution in [1.29, 1.82) is 0 Å². The van der Waals surface area contributed by atoms with Gasteiger partial charge in [-0.05, 0) is 37.0 Å². The highest BCUT2D eigenvalue weighted by Gasteiger charge is 2.25. The van der Waals surface area contributed by atoms with Crippen molar-refractivity contribution in [3.63, 3.8) is 0 Å². The van der Waals surface area contributed by atoms with E-state index in [1.165, 1.54) is 18.5 Å². The molecule has 3 nitrogen and oxygen atoms in total. The predicted octanol–water partition coefficient (Wildman–Crippen LogP) is 2.24. The summed E-state index contributed by atoms with van der Waals surface area (Å²) in [4.78, 5) is 2.53. The first kappa shape index (κ1) is 14.9. The molecule has 1 saturated heterocycles. The van der Waals surface area contributed by atoms with E-state index >= 15 is 0 Å². The van der Waals surface area contributed by atoms with Crippen LogP contribution in [0.1, 0.15) is 31.4 Å². The highest BCUT2D eigenvalue weighted by molar-refractivity contribution is 5.48. The van der Waals surface area contributed by atoms with E-state index in [1.807, 2.05) is 6.07 Å². The first-order valence-corrected chi connectivity index (χ1v) is 7.24. The van der Waals surface area contributed by atoms with Crippen LogP contribution >= 0.6 is 0 Å². The van der Waals surface area contributed by atoms with Gasteiger partial charge in [0.25, 0.3) is 0 Å². The van der Waals surface area contributed by atoms with Crippen molar-refractivity contribution in [2.75, 3.05) is 20.2 Å². The fourth-order valence-corrected chi connectivity index (χ4v) is 2.94. The zero-order chi connectivity index (χ0) is 14.5. The zero-order valence-corrected chi connectivity index (χ0v) is 12.6. The molecule has 0 spiro atoms. The molecule has 1 aliphatic rings. The van der Waals surface area contributed by atoms with E-state index < -0.39 is 0 Å². The van der Waals surface area contributed by atoms with Gasteiger partial charge in [-0.2, -0.15) is 0 Å². The Morgan fingerprint density at radius 1 is 1.40 bits per heavy atom. The standard InChI is InChI=1S/C17H24N2O/c1-13-9-14(2)19(11-13)12-15-6-7-17(20-3)16(10-15)5-4-8-18/h6-7,10,13-14H,8-9,11-12,18H2,1-3H3. The molecule has 20 heavy (non-hydrogen) atoms. The van der Waals surface area contributed by atoms with Crippen LogP contribution in [0.2, 0.25) is 0 Å². The van der Waals surface area contributed by atoms with Gasteiger partial charge >= 0.3 is 0 Å². The first-order valence-electron chi connectivity index (χ1n) is 7.24. The van der Waals surface area contributed by atoms with E-state index in [0.717, 1.165) is 23.8 Å². The largest absolute Gasteiger partial charge is 0.495 e. The van der Waals surface area contributed by atoms with Gasteiger partial charge in [0, 0.05) is 19.1 Å². The first-order chi connectivity index (χ1) is 9.63. The summed E-state index contributed by atoms with van der Waals surface area (Å²) in [6.07, 6.45) is 1.29. The Balaban J connectivity index is 2.16. The maximum Gasteiger partial charge on any atom is 0.134 e. The van der Waals surface area contributed by atoms with Gasteiger partial charge < -0.3 is 10.5 Å². The Hall–Kier alpha value is -1.50. The molecule has 2 rings (SSSR count). The molecule has 0 bridgehead atoms. The van der Waals surface area contributed by atoms with Crippen LogP contribution in [-0.2, 0) is 6.54 Å². The average Bonchev–Trinajstić information content (AvgIpc) is 2.75. The Morgan fingerprint density at radius 3 is 2.80 bits per heavy atom. The quantitative estimate of drug-likeness (QED) is 0.858. The van der Waals surface area contributed by atoms with Crippen LogP contribution in [0.3, 0.4) is 0 Å². The third-order valence-corrected chi connectivity index (χ3v) is 3.89. The van der Waals surface area contributed by atoms with Crippen LogP contribution in [0.5, 0.6) is 5.75 Å². The summed E-state index contributed by atoms with van der Waals surface area (Å²) < 4.78 is 5.35. The number of methoxy groups -OCH3 is 1. The fourth-order valence-electron chi connectivity index (χ4n) is 2.94. The molecule has 0 radical (unpaired) electrons. The molecule has 2 unspecified atom stereocenters. The van der Waals surface area contributed by atoms with Crippen LogP contribution in [0.15, 0.2) is 18.2 Å². The Kier molecular flexibility index (Phi) is 5.05. The molecule has 108 valence electrons. The van der Waals surface area contributed by atoms with E-state index in [9.17, 15) is 0 Å². The predicted molar refractivity (Wildman–Crippen MR) is 82.6 cm³/mol. The highest BCUT2D eigenvalue weighted by Crippen LogP contribution is 2.26.